The zero-order chi connectivity index (χ0) is 20.7. The Hall–Kier alpha value is -3.06. The summed E-state index contributed by atoms with van der Waals surface area (Å²) >= 11 is 6.17. The van der Waals surface area contributed by atoms with Crippen molar-refractivity contribution in [1.82, 2.24) is 0 Å². The predicted octanol–water partition coefficient (Wildman–Crippen LogP) is 4.03. The molecule has 0 radical (unpaired) electrons. The first kappa shape index (κ1) is 21.2. The van der Waals surface area contributed by atoms with Gasteiger partial charge in [0.25, 0.3) is 0 Å². The summed E-state index contributed by atoms with van der Waals surface area (Å²) in [5.41, 5.74) is 1.18. The van der Waals surface area contributed by atoms with Crippen molar-refractivity contribution in [3.05, 3.63) is 40.9 Å². The van der Waals surface area contributed by atoms with Gasteiger partial charge in [-0.2, -0.15) is 0 Å². The average Bonchev–Trinajstić information content (AvgIpc) is 2.70. The molecule has 2 rings (SSSR count). The summed E-state index contributed by atoms with van der Waals surface area (Å²) in [4.78, 5) is 12.3. The molecule has 0 aliphatic rings. The van der Waals surface area contributed by atoms with Gasteiger partial charge in [-0.25, -0.2) is 0 Å². The highest BCUT2D eigenvalue weighted by Crippen LogP contribution is 2.40. The minimum Gasteiger partial charge on any atom is -0.493 e. The molecule has 0 unspecified atom stereocenters. The van der Waals surface area contributed by atoms with Crippen molar-refractivity contribution in [3.8, 4) is 28.7 Å². The Morgan fingerprint density at radius 2 is 1.36 bits per heavy atom. The average molecular weight is 408 g/mol. The fourth-order valence-corrected chi connectivity index (χ4v) is 2.84. The summed E-state index contributed by atoms with van der Waals surface area (Å²) < 4.78 is 26.3. The van der Waals surface area contributed by atoms with Gasteiger partial charge < -0.3 is 29.0 Å². The molecule has 0 saturated heterocycles. The van der Waals surface area contributed by atoms with Crippen molar-refractivity contribution in [1.29, 1.82) is 0 Å². The molecule has 28 heavy (non-hydrogen) atoms. The van der Waals surface area contributed by atoms with Crippen LogP contribution in [0.3, 0.4) is 0 Å². The minimum absolute atomic E-state index is 0.347. The van der Waals surface area contributed by atoms with E-state index in [-0.39, 0.29) is 5.91 Å². The number of nitrogens with one attached hydrogen (secondary N) is 1. The summed E-state index contributed by atoms with van der Waals surface area (Å²) in [6.45, 7) is 0. The predicted molar refractivity (Wildman–Crippen MR) is 108 cm³/mol. The first-order valence-corrected chi connectivity index (χ1v) is 8.55. The van der Waals surface area contributed by atoms with Gasteiger partial charge in [0.05, 0.1) is 40.6 Å². The quantitative estimate of drug-likeness (QED) is 0.666. The number of benzene rings is 2. The Morgan fingerprint density at radius 3 is 1.86 bits per heavy atom. The second-order valence-electron chi connectivity index (χ2n) is 5.47. The standard InChI is InChI=1S/C20H22ClNO6/c1-24-15-9-12(8-14(21)19(15)27-4)6-7-18(23)22-13-10-16(25-2)20(28-5)17(11-13)26-3/h6-11H,1-5H3,(H,22,23)/b7-6+. The van der Waals surface area contributed by atoms with Gasteiger partial charge in [-0.3, -0.25) is 4.79 Å². The molecule has 0 bridgehead atoms. The first-order valence-electron chi connectivity index (χ1n) is 8.18. The number of rotatable bonds is 8. The van der Waals surface area contributed by atoms with Crippen LogP contribution >= 0.6 is 11.6 Å². The van der Waals surface area contributed by atoms with Crippen LogP contribution in [0.1, 0.15) is 5.56 Å². The highest BCUT2D eigenvalue weighted by molar-refractivity contribution is 6.32. The van der Waals surface area contributed by atoms with Crippen molar-refractivity contribution < 1.29 is 28.5 Å². The maximum absolute atomic E-state index is 12.3. The lowest BCUT2D eigenvalue weighted by atomic mass is 10.2. The number of halogens is 1. The van der Waals surface area contributed by atoms with Gasteiger partial charge in [0.2, 0.25) is 11.7 Å². The van der Waals surface area contributed by atoms with Gasteiger partial charge in [0.1, 0.15) is 0 Å². The van der Waals surface area contributed by atoms with Crippen LogP contribution in [0.2, 0.25) is 5.02 Å². The molecule has 8 heteroatoms. The molecule has 0 aliphatic heterocycles. The summed E-state index contributed by atoms with van der Waals surface area (Å²) in [6.07, 6.45) is 2.99. The monoisotopic (exact) mass is 407 g/mol. The van der Waals surface area contributed by atoms with E-state index in [1.807, 2.05) is 0 Å². The molecule has 0 fully saturated rings. The van der Waals surface area contributed by atoms with E-state index in [1.54, 1.807) is 30.3 Å². The van der Waals surface area contributed by atoms with Crippen LogP contribution in [0.25, 0.3) is 6.08 Å². The van der Waals surface area contributed by atoms with Crippen molar-refractivity contribution >= 4 is 29.3 Å². The molecule has 0 aliphatic carbocycles. The molecule has 7 nitrogen and oxygen atoms in total. The molecule has 0 saturated carbocycles. The van der Waals surface area contributed by atoms with Crippen LogP contribution < -0.4 is 29.0 Å². The second kappa shape index (κ2) is 9.75. The van der Waals surface area contributed by atoms with E-state index < -0.39 is 0 Å². The smallest absolute Gasteiger partial charge is 0.248 e. The fraction of sp³-hybridized carbons (Fsp3) is 0.250. The summed E-state index contributed by atoms with van der Waals surface area (Å²) in [5, 5.41) is 3.13. The van der Waals surface area contributed by atoms with Crippen LogP contribution in [0.4, 0.5) is 5.69 Å². The molecule has 1 amide bonds. The van der Waals surface area contributed by atoms with E-state index in [4.69, 9.17) is 35.3 Å². The SMILES string of the molecule is COc1cc(/C=C/C(=O)Nc2cc(OC)c(OC)c(OC)c2)cc(Cl)c1OC. The maximum Gasteiger partial charge on any atom is 0.248 e. The molecular formula is C20H22ClNO6. The lowest BCUT2D eigenvalue weighted by Gasteiger charge is -2.14. The largest absolute Gasteiger partial charge is 0.493 e. The molecule has 0 aromatic heterocycles. The number of anilines is 1. The van der Waals surface area contributed by atoms with Crippen molar-refractivity contribution in [2.75, 3.05) is 40.9 Å². The first-order chi connectivity index (χ1) is 13.5. The third kappa shape index (κ3) is 4.80. The number of hydrogen-bond donors (Lipinski definition) is 1. The molecular weight excluding hydrogens is 386 g/mol. The Kier molecular flexibility index (Phi) is 7.40. The fourth-order valence-electron chi connectivity index (χ4n) is 2.54. The summed E-state index contributed by atoms with van der Waals surface area (Å²) in [6, 6.07) is 6.67. The third-order valence-corrected chi connectivity index (χ3v) is 4.10. The van der Waals surface area contributed by atoms with Crippen LogP contribution in [-0.2, 0) is 4.79 Å². The maximum atomic E-state index is 12.3. The number of hydrogen-bond acceptors (Lipinski definition) is 6. The van der Waals surface area contributed by atoms with E-state index >= 15 is 0 Å². The summed E-state index contributed by atoms with van der Waals surface area (Å²) in [5.74, 6) is 1.88. The molecule has 150 valence electrons. The van der Waals surface area contributed by atoms with E-state index in [1.165, 1.54) is 41.6 Å². The molecule has 2 aromatic rings. The Balaban J connectivity index is 2.21. The van der Waals surface area contributed by atoms with Gasteiger partial charge in [-0.05, 0) is 23.8 Å². The van der Waals surface area contributed by atoms with Crippen molar-refractivity contribution in [2.24, 2.45) is 0 Å². The van der Waals surface area contributed by atoms with E-state index in [0.29, 0.717) is 45.0 Å². The van der Waals surface area contributed by atoms with Crippen molar-refractivity contribution in [2.45, 2.75) is 0 Å². The number of carbonyl (C=O) groups is 1. The lowest BCUT2D eigenvalue weighted by Crippen LogP contribution is -2.08. The number of ether oxygens (including phenoxy) is 5. The molecule has 0 heterocycles. The Morgan fingerprint density at radius 1 is 0.821 bits per heavy atom. The van der Waals surface area contributed by atoms with Crippen LogP contribution in [0.15, 0.2) is 30.3 Å². The number of amides is 1. The van der Waals surface area contributed by atoms with E-state index in [2.05, 4.69) is 5.32 Å². The zero-order valence-corrected chi connectivity index (χ0v) is 17.0. The van der Waals surface area contributed by atoms with Crippen LogP contribution in [0.5, 0.6) is 28.7 Å². The third-order valence-electron chi connectivity index (χ3n) is 3.82. The molecule has 1 N–H and O–H groups in total. The highest BCUT2D eigenvalue weighted by atomic mass is 35.5. The molecule has 2 aromatic carbocycles. The minimum atomic E-state index is -0.347. The van der Waals surface area contributed by atoms with Gasteiger partial charge in [0, 0.05) is 23.9 Å². The van der Waals surface area contributed by atoms with Gasteiger partial charge in [-0.15, -0.1) is 0 Å². The lowest BCUT2D eigenvalue weighted by molar-refractivity contribution is -0.111. The second-order valence-corrected chi connectivity index (χ2v) is 5.88. The van der Waals surface area contributed by atoms with Gasteiger partial charge in [0.15, 0.2) is 23.0 Å². The van der Waals surface area contributed by atoms with E-state index in [9.17, 15) is 4.79 Å². The zero-order valence-electron chi connectivity index (χ0n) is 16.3. The van der Waals surface area contributed by atoms with Gasteiger partial charge >= 0.3 is 0 Å². The molecule has 0 atom stereocenters. The Bertz CT molecular complexity index is 856. The van der Waals surface area contributed by atoms with Crippen LogP contribution in [0, 0.1) is 0 Å². The Labute approximate surface area is 168 Å². The number of carbonyl (C=O) groups excluding carboxylic acids is 1. The van der Waals surface area contributed by atoms with Crippen LogP contribution in [-0.4, -0.2) is 41.5 Å². The number of methoxy groups -OCH3 is 5. The summed E-state index contributed by atoms with van der Waals surface area (Å²) in [7, 11) is 7.53. The topological polar surface area (TPSA) is 75.3 Å². The van der Waals surface area contributed by atoms with E-state index in [0.717, 1.165) is 0 Å². The highest BCUT2D eigenvalue weighted by Gasteiger charge is 2.14. The van der Waals surface area contributed by atoms with Crippen molar-refractivity contribution in [3.63, 3.8) is 0 Å². The molecule has 0 spiro atoms. The normalized spacial score (nSPS) is 10.5. The van der Waals surface area contributed by atoms with Gasteiger partial charge in [-0.1, -0.05) is 11.6 Å².